The van der Waals surface area contributed by atoms with E-state index in [9.17, 15) is 40.7 Å². The van der Waals surface area contributed by atoms with Crippen LogP contribution in [0.3, 0.4) is 0 Å². The Kier molecular flexibility index (Phi) is 8.11. The lowest BCUT2D eigenvalue weighted by molar-refractivity contribution is -0.190. The molecule has 4 aromatic rings. The maximum atomic E-state index is 14.0. The number of esters is 1. The number of hydrogen-bond donors (Lipinski definition) is 1. The number of nitrogens with zero attached hydrogens (tertiary/aromatic N) is 5. The molecule has 0 saturated carbocycles. The molecule has 0 amide bonds. The fourth-order valence-corrected chi connectivity index (χ4v) is 5.74. The number of carbonyl (C=O) groups is 1. The predicted molar refractivity (Wildman–Crippen MR) is 155 cm³/mol. The lowest BCUT2D eigenvalue weighted by Crippen LogP contribution is -2.41. The van der Waals surface area contributed by atoms with Gasteiger partial charge in [0.1, 0.15) is 18.1 Å². The Morgan fingerprint density at radius 2 is 1.72 bits per heavy atom. The Morgan fingerprint density at radius 1 is 0.979 bits per heavy atom. The number of rotatable bonds is 8. The van der Waals surface area contributed by atoms with E-state index in [1.54, 1.807) is 35.2 Å². The normalized spacial score (nSPS) is 15.1. The van der Waals surface area contributed by atoms with Crippen molar-refractivity contribution in [3.63, 3.8) is 0 Å². The van der Waals surface area contributed by atoms with Crippen LogP contribution in [0, 0.1) is 0 Å². The van der Waals surface area contributed by atoms with Gasteiger partial charge in [-0.15, -0.1) is 0 Å². The molecular weight excluding hydrogens is 638 g/mol. The molecule has 248 valence electrons. The van der Waals surface area contributed by atoms with E-state index >= 15 is 0 Å². The van der Waals surface area contributed by atoms with Crippen LogP contribution in [0.1, 0.15) is 17.5 Å². The number of anilines is 1. The molecular formula is C30H26F6N6O5. The molecule has 17 heteroatoms. The van der Waals surface area contributed by atoms with Crippen LogP contribution in [-0.4, -0.2) is 57.1 Å². The van der Waals surface area contributed by atoms with Crippen LogP contribution in [0.4, 0.5) is 32.3 Å². The number of carbonyl (C=O) groups excluding carboxylic acids is 1. The van der Waals surface area contributed by atoms with Crippen LogP contribution in [0.2, 0.25) is 0 Å². The summed E-state index contributed by atoms with van der Waals surface area (Å²) < 4.78 is 94.9. The van der Waals surface area contributed by atoms with Crippen molar-refractivity contribution < 1.29 is 40.6 Å². The van der Waals surface area contributed by atoms with Crippen molar-refractivity contribution in [3.8, 4) is 11.5 Å². The first-order chi connectivity index (χ1) is 22.3. The molecule has 2 aromatic carbocycles. The van der Waals surface area contributed by atoms with Crippen molar-refractivity contribution in [1.29, 1.82) is 0 Å². The molecule has 47 heavy (non-hydrogen) atoms. The Morgan fingerprint density at radius 3 is 2.43 bits per heavy atom. The molecule has 0 unspecified atom stereocenters. The largest absolute Gasteiger partial charge is 0.492 e. The molecule has 4 heterocycles. The average molecular weight is 665 g/mol. The smallest absolute Gasteiger partial charge is 0.491 e. The molecule has 0 spiro atoms. The first kappa shape index (κ1) is 31.9. The summed E-state index contributed by atoms with van der Waals surface area (Å²) in [5.41, 5.74) is -2.13. The molecule has 0 saturated heterocycles. The fourth-order valence-electron chi connectivity index (χ4n) is 5.74. The summed E-state index contributed by atoms with van der Waals surface area (Å²) in [6, 6.07) is 11.1. The van der Waals surface area contributed by atoms with Crippen LogP contribution in [0.25, 0.3) is 11.2 Å². The minimum absolute atomic E-state index is 0.0737. The van der Waals surface area contributed by atoms with Gasteiger partial charge in [0.25, 0.3) is 5.56 Å². The van der Waals surface area contributed by atoms with Crippen molar-refractivity contribution in [2.24, 2.45) is 7.05 Å². The monoisotopic (exact) mass is 664 g/mol. The van der Waals surface area contributed by atoms with E-state index in [0.29, 0.717) is 37.9 Å². The van der Waals surface area contributed by atoms with Gasteiger partial charge in [-0.25, -0.2) is 9.59 Å². The number of fused-ring (bicyclic) bond motifs is 1. The Labute approximate surface area is 261 Å². The molecule has 11 nitrogen and oxygen atoms in total. The molecule has 2 aliphatic rings. The zero-order valence-electron chi connectivity index (χ0n) is 24.6. The molecule has 0 fully saturated rings. The second-order valence-electron chi connectivity index (χ2n) is 10.9. The van der Waals surface area contributed by atoms with E-state index in [0.717, 1.165) is 32.5 Å². The highest BCUT2D eigenvalue weighted by Gasteiger charge is 2.44. The van der Waals surface area contributed by atoms with E-state index < -0.39 is 53.0 Å². The van der Waals surface area contributed by atoms with Gasteiger partial charge in [0.05, 0.1) is 18.7 Å². The molecule has 0 aliphatic carbocycles. The van der Waals surface area contributed by atoms with E-state index in [-0.39, 0.29) is 30.3 Å². The lowest BCUT2D eigenvalue weighted by atomic mass is 10.1. The van der Waals surface area contributed by atoms with Gasteiger partial charge in [-0.05, 0) is 30.2 Å². The summed E-state index contributed by atoms with van der Waals surface area (Å²) in [4.78, 5) is 45.5. The number of imidazole rings is 1. The van der Waals surface area contributed by atoms with E-state index in [1.807, 2.05) is 0 Å². The van der Waals surface area contributed by atoms with Gasteiger partial charge < -0.3 is 19.7 Å². The quantitative estimate of drug-likeness (QED) is 0.173. The summed E-state index contributed by atoms with van der Waals surface area (Å²) in [6.07, 6.45) is -10.2. The van der Waals surface area contributed by atoms with Crippen molar-refractivity contribution in [1.82, 2.24) is 24.0 Å². The van der Waals surface area contributed by atoms with Crippen molar-refractivity contribution >= 4 is 23.1 Å². The van der Waals surface area contributed by atoms with E-state index in [4.69, 9.17) is 4.74 Å². The van der Waals surface area contributed by atoms with Gasteiger partial charge >= 0.3 is 24.0 Å². The standard InChI is InChI=1S/C30H26F6N6O5/c1-39-24-22(25(43)41(28(39)45)12-13-46-19-7-3-2-4-8-19)42(27(38-24)40-11-10-17-14-37-15-21(17)40)16-18-6-5-9-20(29(31,32)33)23(18)47-26(44)30(34,35)36/h2-9,37H,10-16H2,1H3. The van der Waals surface area contributed by atoms with Gasteiger partial charge in [-0.1, -0.05) is 30.3 Å². The van der Waals surface area contributed by atoms with Gasteiger partial charge in [0.15, 0.2) is 11.2 Å². The second kappa shape index (κ2) is 11.9. The van der Waals surface area contributed by atoms with Crippen LogP contribution >= 0.6 is 0 Å². The van der Waals surface area contributed by atoms with Gasteiger partial charge in [-0.3, -0.25) is 18.5 Å². The Balaban J connectivity index is 1.52. The summed E-state index contributed by atoms with van der Waals surface area (Å²) in [7, 11) is 1.37. The third kappa shape index (κ3) is 5.97. The number of ether oxygens (including phenoxy) is 2. The Bertz CT molecular complexity index is 2010. The van der Waals surface area contributed by atoms with Crippen LogP contribution in [0.5, 0.6) is 11.5 Å². The van der Waals surface area contributed by atoms with Crippen LogP contribution in [0.15, 0.2) is 69.4 Å². The number of aromatic nitrogens is 4. The fraction of sp³-hybridized carbons (Fsp3) is 0.333. The van der Waals surface area contributed by atoms with Crippen molar-refractivity contribution in [3.05, 3.63) is 91.8 Å². The second-order valence-corrected chi connectivity index (χ2v) is 10.9. The zero-order valence-corrected chi connectivity index (χ0v) is 24.6. The molecule has 0 bridgehead atoms. The highest BCUT2D eigenvalue weighted by atomic mass is 19.4. The molecule has 2 aromatic heterocycles. The highest BCUT2D eigenvalue weighted by molar-refractivity contribution is 5.79. The number of hydrogen-bond acceptors (Lipinski definition) is 8. The molecule has 1 N–H and O–H groups in total. The number of alkyl halides is 6. The lowest BCUT2D eigenvalue weighted by Gasteiger charge is -2.23. The minimum atomic E-state index is -5.59. The number of aryl methyl sites for hydroxylation is 1. The third-order valence-corrected chi connectivity index (χ3v) is 7.94. The molecule has 0 atom stereocenters. The zero-order chi connectivity index (χ0) is 33.7. The predicted octanol–water partition coefficient (Wildman–Crippen LogP) is 3.58. The third-order valence-electron chi connectivity index (χ3n) is 7.94. The summed E-state index contributed by atoms with van der Waals surface area (Å²) in [5, 5.41) is 3.20. The topological polar surface area (TPSA) is 113 Å². The summed E-state index contributed by atoms with van der Waals surface area (Å²) >= 11 is 0. The number of benzene rings is 2. The number of para-hydroxylation sites is 2. The number of halogens is 6. The van der Waals surface area contributed by atoms with Gasteiger partial charge in [0.2, 0.25) is 5.95 Å². The molecule has 6 rings (SSSR count). The Hall–Kier alpha value is -5.06. The highest BCUT2D eigenvalue weighted by Crippen LogP contribution is 2.40. The summed E-state index contributed by atoms with van der Waals surface area (Å²) in [6.45, 7) is 0.432. The van der Waals surface area contributed by atoms with Gasteiger partial charge in [0, 0.05) is 37.9 Å². The maximum Gasteiger partial charge on any atom is 0.491 e. The first-order valence-electron chi connectivity index (χ1n) is 14.3. The van der Waals surface area contributed by atoms with E-state index in [1.165, 1.54) is 11.6 Å². The van der Waals surface area contributed by atoms with E-state index in [2.05, 4.69) is 15.0 Å². The SMILES string of the molecule is Cn1c(=O)n(CCOc2ccccc2)c(=O)c2c1nc(N1CCC3=C1CNC3)n2Cc1cccc(C(F)(F)F)c1OC(=O)C(F)(F)F. The molecule has 0 radical (unpaired) electrons. The summed E-state index contributed by atoms with van der Waals surface area (Å²) in [5.74, 6) is -3.65. The van der Waals surface area contributed by atoms with Crippen molar-refractivity contribution in [2.75, 3.05) is 31.1 Å². The van der Waals surface area contributed by atoms with Crippen molar-refractivity contribution in [2.45, 2.75) is 31.9 Å². The van der Waals surface area contributed by atoms with Crippen LogP contribution in [-0.2, 0) is 31.1 Å². The number of nitrogens with one attached hydrogen (secondary N) is 1. The average Bonchev–Trinajstić information content (AvgIpc) is 3.73. The first-order valence-corrected chi connectivity index (χ1v) is 14.3. The molecule has 2 aliphatic heterocycles. The maximum absolute atomic E-state index is 14.0. The minimum Gasteiger partial charge on any atom is -0.492 e. The van der Waals surface area contributed by atoms with Crippen LogP contribution < -0.4 is 30.9 Å². The van der Waals surface area contributed by atoms with Gasteiger partial charge in [-0.2, -0.15) is 31.3 Å².